The van der Waals surface area contributed by atoms with E-state index in [4.69, 9.17) is 4.52 Å². The average Bonchev–Trinajstić information content (AvgIpc) is 3.55. The van der Waals surface area contributed by atoms with Gasteiger partial charge in [-0.25, -0.2) is 0 Å². The Kier molecular flexibility index (Phi) is 6.28. The minimum Gasteiger partial charge on any atom is -0.342 e. The summed E-state index contributed by atoms with van der Waals surface area (Å²) < 4.78 is 34.7. The van der Waals surface area contributed by atoms with E-state index in [1.165, 1.54) is 0 Å². The SMILES string of the molecule is CC1CCN(S(=O)(=O)N2CCC(C(=O)N3CCC(C)(c4noc(C5CC5)n4)CC3)CC2)CC1. The van der Waals surface area contributed by atoms with E-state index >= 15 is 0 Å². The molecule has 1 aromatic rings. The van der Waals surface area contributed by atoms with E-state index in [1.54, 1.807) is 8.61 Å². The second kappa shape index (κ2) is 8.92. The molecule has 4 aliphatic rings. The number of piperidine rings is 3. The molecule has 1 saturated carbocycles. The Bertz CT molecular complexity index is 951. The maximum Gasteiger partial charge on any atom is 0.281 e. The van der Waals surface area contributed by atoms with Gasteiger partial charge in [-0.3, -0.25) is 4.79 Å². The minimum atomic E-state index is -3.41. The van der Waals surface area contributed by atoms with E-state index in [0.717, 1.165) is 50.2 Å². The van der Waals surface area contributed by atoms with Gasteiger partial charge >= 0.3 is 0 Å². The van der Waals surface area contributed by atoms with Crippen molar-refractivity contribution in [3.63, 3.8) is 0 Å². The van der Waals surface area contributed by atoms with Gasteiger partial charge in [-0.15, -0.1) is 0 Å². The first kappa shape index (κ1) is 23.2. The molecule has 10 heteroatoms. The zero-order chi connectivity index (χ0) is 23.2. The first-order valence-corrected chi connectivity index (χ1v) is 14.0. The molecule has 0 bridgehead atoms. The lowest BCUT2D eigenvalue weighted by atomic mass is 9.79. The number of amides is 1. The molecule has 3 aliphatic heterocycles. The zero-order valence-electron chi connectivity index (χ0n) is 19.9. The highest BCUT2D eigenvalue weighted by Gasteiger charge is 2.41. The van der Waals surface area contributed by atoms with Crippen LogP contribution in [0.2, 0.25) is 0 Å². The molecular weight excluding hydrogens is 442 g/mol. The first-order chi connectivity index (χ1) is 15.8. The fourth-order valence-corrected chi connectivity index (χ4v) is 7.06. The summed E-state index contributed by atoms with van der Waals surface area (Å²) in [7, 11) is -3.41. The molecule has 0 N–H and O–H groups in total. The quantitative estimate of drug-likeness (QED) is 0.643. The Hall–Kier alpha value is -1.52. The van der Waals surface area contributed by atoms with Crippen LogP contribution in [0.15, 0.2) is 4.52 Å². The second-order valence-corrected chi connectivity index (χ2v) is 12.8. The lowest BCUT2D eigenvalue weighted by Gasteiger charge is -2.41. The van der Waals surface area contributed by atoms with Crippen molar-refractivity contribution in [3.8, 4) is 0 Å². The molecule has 184 valence electrons. The van der Waals surface area contributed by atoms with Crippen LogP contribution in [0.25, 0.3) is 0 Å². The summed E-state index contributed by atoms with van der Waals surface area (Å²) in [5.41, 5.74) is -0.156. The number of nitrogens with zero attached hydrogens (tertiary/aromatic N) is 5. The number of hydrogen-bond donors (Lipinski definition) is 0. The topological polar surface area (TPSA) is 99.9 Å². The smallest absolute Gasteiger partial charge is 0.281 e. The average molecular weight is 480 g/mol. The van der Waals surface area contributed by atoms with Crippen molar-refractivity contribution in [2.75, 3.05) is 39.3 Å². The highest BCUT2D eigenvalue weighted by Crippen LogP contribution is 2.41. The molecule has 0 aromatic carbocycles. The van der Waals surface area contributed by atoms with Crippen molar-refractivity contribution in [2.45, 2.75) is 76.5 Å². The summed E-state index contributed by atoms with van der Waals surface area (Å²) in [6.07, 6.45) is 6.97. The monoisotopic (exact) mass is 479 g/mol. The fourth-order valence-electron chi connectivity index (χ4n) is 5.39. The van der Waals surface area contributed by atoms with Gasteiger partial charge in [0.25, 0.3) is 10.2 Å². The Labute approximate surface area is 197 Å². The van der Waals surface area contributed by atoms with Gasteiger partial charge in [-0.2, -0.15) is 22.0 Å². The molecule has 0 unspecified atom stereocenters. The van der Waals surface area contributed by atoms with Gasteiger partial charge in [0.15, 0.2) is 5.82 Å². The van der Waals surface area contributed by atoms with E-state index in [2.05, 4.69) is 24.0 Å². The molecule has 4 fully saturated rings. The Morgan fingerprint density at radius 3 is 2.09 bits per heavy atom. The number of likely N-dealkylation sites (tertiary alicyclic amines) is 1. The van der Waals surface area contributed by atoms with Crippen molar-refractivity contribution in [2.24, 2.45) is 11.8 Å². The number of carbonyl (C=O) groups is 1. The lowest BCUT2D eigenvalue weighted by molar-refractivity contribution is -0.138. The summed E-state index contributed by atoms with van der Waals surface area (Å²) in [5, 5.41) is 4.25. The molecule has 0 spiro atoms. The van der Waals surface area contributed by atoms with Gasteiger partial charge in [0, 0.05) is 56.5 Å². The summed E-state index contributed by atoms with van der Waals surface area (Å²) in [6, 6.07) is 0. The normalized spacial score (nSPS) is 26.5. The number of rotatable bonds is 5. The molecule has 4 heterocycles. The molecule has 0 atom stereocenters. The van der Waals surface area contributed by atoms with Crippen LogP contribution in [0.3, 0.4) is 0 Å². The van der Waals surface area contributed by atoms with Crippen LogP contribution in [0, 0.1) is 11.8 Å². The maximum absolute atomic E-state index is 13.2. The third kappa shape index (κ3) is 4.71. The van der Waals surface area contributed by atoms with Crippen LogP contribution in [0.4, 0.5) is 0 Å². The molecule has 33 heavy (non-hydrogen) atoms. The molecule has 1 amide bonds. The van der Waals surface area contributed by atoms with Crippen molar-refractivity contribution in [1.29, 1.82) is 0 Å². The van der Waals surface area contributed by atoms with Crippen LogP contribution in [-0.4, -0.2) is 77.2 Å². The van der Waals surface area contributed by atoms with Crippen LogP contribution in [0.5, 0.6) is 0 Å². The summed E-state index contributed by atoms with van der Waals surface area (Å²) in [6.45, 7) is 7.81. The number of carbonyl (C=O) groups excluding carboxylic acids is 1. The fraction of sp³-hybridized carbons (Fsp3) is 0.870. The Morgan fingerprint density at radius 1 is 0.939 bits per heavy atom. The van der Waals surface area contributed by atoms with Gasteiger partial charge in [0.05, 0.1) is 0 Å². The van der Waals surface area contributed by atoms with Gasteiger partial charge in [-0.05, 0) is 57.3 Å². The highest BCUT2D eigenvalue weighted by atomic mass is 32.2. The van der Waals surface area contributed by atoms with E-state index in [-0.39, 0.29) is 17.2 Å². The van der Waals surface area contributed by atoms with E-state index < -0.39 is 10.2 Å². The van der Waals surface area contributed by atoms with Gasteiger partial charge in [0.1, 0.15) is 0 Å². The van der Waals surface area contributed by atoms with Gasteiger partial charge in [0.2, 0.25) is 11.8 Å². The van der Waals surface area contributed by atoms with Crippen molar-refractivity contribution in [1.82, 2.24) is 23.7 Å². The van der Waals surface area contributed by atoms with Gasteiger partial charge < -0.3 is 9.42 Å². The molecule has 0 radical (unpaired) electrons. The summed E-state index contributed by atoms with van der Waals surface area (Å²) in [4.78, 5) is 19.8. The molecule has 1 aliphatic carbocycles. The van der Waals surface area contributed by atoms with Crippen LogP contribution in [0.1, 0.15) is 82.8 Å². The predicted molar refractivity (Wildman–Crippen MR) is 123 cm³/mol. The molecule has 9 nitrogen and oxygen atoms in total. The van der Waals surface area contributed by atoms with E-state index in [1.807, 2.05) is 4.90 Å². The molecule has 1 aromatic heterocycles. The van der Waals surface area contributed by atoms with Crippen LogP contribution < -0.4 is 0 Å². The standard InChI is InChI=1S/C23H37N5O4S/c1-17-5-11-27(12-6-17)33(30,31)28-13-7-19(8-14-28)21(29)26-15-9-23(2,10-16-26)22-24-20(32-25-22)18-3-4-18/h17-19H,3-16H2,1-2H3. The summed E-state index contributed by atoms with van der Waals surface area (Å²) >= 11 is 0. The first-order valence-electron chi connectivity index (χ1n) is 12.6. The largest absolute Gasteiger partial charge is 0.342 e. The molecule has 3 saturated heterocycles. The maximum atomic E-state index is 13.2. The Morgan fingerprint density at radius 2 is 1.52 bits per heavy atom. The second-order valence-electron chi connectivity index (χ2n) is 10.9. The minimum absolute atomic E-state index is 0.0890. The lowest BCUT2D eigenvalue weighted by Crippen LogP contribution is -2.52. The third-order valence-electron chi connectivity index (χ3n) is 8.29. The molecule has 5 rings (SSSR count). The Balaban J connectivity index is 1.12. The third-order valence-corrected chi connectivity index (χ3v) is 10.3. The van der Waals surface area contributed by atoms with Crippen LogP contribution >= 0.6 is 0 Å². The number of hydrogen-bond acceptors (Lipinski definition) is 6. The van der Waals surface area contributed by atoms with Crippen molar-refractivity contribution in [3.05, 3.63) is 11.7 Å². The number of aromatic nitrogens is 2. The van der Waals surface area contributed by atoms with Crippen LogP contribution in [-0.2, 0) is 20.4 Å². The van der Waals surface area contributed by atoms with Crippen molar-refractivity contribution < 1.29 is 17.7 Å². The zero-order valence-corrected chi connectivity index (χ0v) is 20.7. The summed E-state index contributed by atoms with van der Waals surface area (Å²) in [5.74, 6) is 2.67. The molecular formula is C23H37N5O4S. The van der Waals surface area contributed by atoms with Crippen molar-refractivity contribution >= 4 is 16.1 Å². The highest BCUT2D eigenvalue weighted by molar-refractivity contribution is 7.86. The van der Waals surface area contributed by atoms with E-state index in [9.17, 15) is 13.2 Å². The predicted octanol–water partition coefficient (Wildman–Crippen LogP) is 2.52. The van der Waals surface area contributed by atoms with E-state index in [0.29, 0.717) is 63.9 Å². The van der Waals surface area contributed by atoms with Gasteiger partial charge in [-0.1, -0.05) is 19.0 Å².